The van der Waals surface area contributed by atoms with Crippen LogP contribution in [0.25, 0.3) is 0 Å². The highest BCUT2D eigenvalue weighted by Crippen LogP contribution is 2.19. The van der Waals surface area contributed by atoms with Crippen molar-refractivity contribution in [2.24, 2.45) is 0 Å². The van der Waals surface area contributed by atoms with Gasteiger partial charge >= 0.3 is 6.18 Å². The molecule has 0 aromatic carbocycles. The molecule has 0 saturated carbocycles. The molecule has 1 rings (SSSR count). The van der Waals surface area contributed by atoms with Gasteiger partial charge in [-0.25, -0.2) is 0 Å². The van der Waals surface area contributed by atoms with Gasteiger partial charge in [-0.1, -0.05) is 0 Å². The maximum Gasteiger partial charge on any atom is 0.416 e. The highest BCUT2D eigenvalue weighted by molar-refractivity contribution is 5.93. The summed E-state index contributed by atoms with van der Waals surface area (Å²) in [6.07, 6.45) is -4.98. The van der Waals surface area contributed by atoms with Gasteiger partial charge in [0.25, 0.3) is 5.91 Å². The number of hydrogen-bond acceptors (Lipinski definition) is 3. The molecular weight excluding hydrogens is 215 g/mol. The van der Waals surface area contributed by atoms with E-state index in [1.54, 1.807) is 0 Å². The topological polar surface area (TPSA) is 62.5 Å². The van der Waals surface area contributed by atoms with Crippen molar-refractivity contribution >= 4 is 5.91 Å². The number of nitrogens with one attached hydrogen (secondary N) is 1. The Morgan fingerprint density at radius 3 is 2.73 bits per heavy atom. The molecule has 0 fully saturated rings. The predicted octanol–water partition coefficient (Wildman–Crippen LogP) is 0.933. The second-order valence-electron chi connectivity index (χ2n) is 2.78. The lowest BCUT2D eigenvalue weighted by Crippen LogP contribution is -2.40. The van der Waals surface area contributed by atoms with E-state index in [1.165, 1.54) is 12.3 Å². The fourth-order valence-corrected chi connectivity index (χ4v) is 0.801. The fourth-order valence-electron chi connectivity index (χ4n) is 0.801. The summed E-state index contributed by atoms with van der Waals surface area (Å²) >= 11 is 0. The van der Waals surface area contributed by atoms with Gasteiger partial charge in [0.05, 0.1) is 18.4 Å². The second kappa shape index (κ2) is 4.35. The van der Waals surface area contributed by atoms with Gasteiger partial charge in [0.2, 0.25) is 0 Å². The first-order valence-corrected chi connectivity index (χ1v) is 3.96. The van der Waals surface area contributed by atoms with Crippen LogP contribution in [0.2, 0.25) is 0 Å². The Balaban J connectivity index is 2.42. The minimum Gasteiger partial charge on any atom is -0.472 e. The minimum absolute atomic E-state index is 0.101. The van der Waals surface area contributed by atoms with Crippen molar-refractivity contribution in [1.82, 2.24) is 5.32 Å². The van der Waals surface area contributed by atoms with Gasteiger partial charge in [0.15, 0.2) is 6.10 Å². The van der Waals surface area contributed by atoms with Crippen LogP contribution in [0.3, 0.4) is 0 Å². The van der Waals surface area contributed by atoms with Crippen LogP contribution in [0.1, 0.15) is 10.4 Å². The van der Waals surface area contributed by atoms with Crippen molar-refractivity contribution in [3.05, 3.63) is 24.2 Å². The average Bonchev–Trinajstić information content (AvgIpc) is 2.64. The van der Waals surface area contributed by atoms with Gasteiger partial charge in [-0.05, 0) is 6.07 Å². The molecule has 4 nitrogen and oxygen atoms in total. The Bertz CT molecular complexity index is 320. The zero-order valence-electron chi connectivity index (χ0n) is 7.41. The molecule has 0 radical (unpaired) electrons. The third kappa shape index (κ3) is 3.28. The molecule has 1 aromatic rings. The Morgan fingerprint density at radius 1 is 1.60 bits per heavy atom. The Morgan fingerprint density at radius 2 is 2.27 bits per heavy atom. The highest BCUT2D eigenvalue weighted by Gasteiger charge is 2.38. The molecule has 0 aliphatic rings. The van der Waals surface area contributed by atoms with E-state index >= 15 is 0 Å². The molecule has 1 amide bonds. The van der Waals surface area contributed by atoms with E-state index in [0.717, 1.165) is 6.26 Å². The SMILES string of the molecule is O=C(NCC(O)C(F)(F)F)c1ccoc1. The Labute approximate surface area is 82.7 Å². The molecule has 1 heterocycles. The van der Waals surface area contributed by atoms with Crippen LogP contribution in [0.5, 0.6) is 0 Å². The van der Waals surface area contributed by atoms with Crippen molar-refractivity contribution in [3.63, 3.8) is 0 Å². The number of carbonyl (C=O) groups excluding carboxylic acids is 1. The van der Waals surface area contributed by atoms with E-state index in [1.807, 2.05) is 5.32 Å². The lowest BCUT2D eigenvalue weighted by molar-refractivity contribution is -0.201. The summed E-state index contributed by atoms with van der Waals surface area (Å²) in [7, 11) is 0. The van der Waals surface area contributed by atoms with Gasteiger partial charge in [0.1, 0.15) is 6.26 Å². The number of furan rings is 1. The third-order valence-corrected chi connectivity index (χ3v) is 1.62. The molecule has 0 saturated heterocycles. The Kier molecular flexibility index (Phi) is 3.35. The van der Waals surface area contributed by atoms with E-state index in [-0.39, 0.29) is 5.56 Å². The first kappa shape index (κ1) is 11.6. The number of alkyl halides is 3. The second-order valence-corrected chi connectivity index (χ2v) is 2.78. The summed E-state index contributed by atoms with van der Waals surface area (Å²) in [4.78, 5) is 11.1. The number of halogens is 3. The van der Waals surface area contributed by atoms with E-state index in [9.17, 15) is 18.0 Å². The van der Waals surface area contributed by atoms with Crippen molar-refractivity contribution in [2.45, 2.75) is 12.3 Å². The van der Waals surface area contributed by atoms with Crippen molar-refractivity contribution in [2.75, 3.05) is 6.54 Å². The number of amides is 1. The zero-order valence-corrected chi connectivity index (χ0v) is 7.41. The van der Waals surface area contributed by atoms with Crippen molar-refractivity contribution < 1.29 is 27.5 Å². The predicted molar refractivity (Wildman–Crippen MR) is 43.1 cm³/mol. The largest absolute Gasteiger partial charge is 0.472 e. The summed E-state index contributed by atoms with van der Waals surface area (Å²) in [5.74, 6) is -0.730. The summed E-state index contributed by atoms with van der Waals surface area (Å²) in [6.45, 7) is -0.881. The van der Waals surface area contributed by atoms with Crippen LogP contribution in [0, 0.1) is 0 Å². The molecule has 2 N–H and O–H groups in total. The lowest BCUT2D eigenvalue weighted by atomic mass is 10.3. The smallest absolute Gasteiger partial charge is 0.416 e. The van der Waals surface area contributed by atoms with Crippen LogP contribution in [0.15, 0.2) is 23.0 Å². The van der Waals surface area contributed by atoms with Gasteiger partial charge in [0, 0.05) is 0 Å². The number of hydrogen-bond donors (Lipinski definition) is 2. The summed E-state index contributed by atoms with van der Waals surface area (Å²) in [5, 5.41) is 10.5. The fraction of sp³-hybridized carbons (Fsp3) is 0.375. The number of carbonyl (C=O) groups is 1. The molecule has 0 bridgehead atoms. The van der Waals surface area contributed by atoms with Crippen molar-refractivity contribution in [1.29, 1.82) is 0 Å². The molecule has 1 atom stereocenters. The third-order valence-electron chi connectivity index (χ3n) is 1.62. The summed E-state index contributed by atoms with van der Waals surface area (Å²) in [5.41, 5.74) is 0.101. The molecule has 1 aromatic heterocycles. The number of aliphatic hydroxyl groups excluding tert-OH is 1. The summed E-state index contributed by atoms with van der Waals surface area (Å²) < 4.78 is 40.0. The van der Waals surface area contributed by atoms with E-state index < -0.39 is 24.7 Å². The first-order valence-electron chi connectivity index (χ1n) is 3.96. The van der Waals surface area contributed by atoms with Gasteiger partial charge in [-0.15, -0.1) is 0 Å². The van der Waals surface area contributed by atoms with Crippen LogP contribution in [-0.4, -0.2) is 29.8 Å². The standard InChI is InChI=1S/C8H8F3NO3/c9-8(10,11)6(13)3-12-7(14)5-1-2-15-4-5/h1-2,4,6,13H,3H2,(H,12,14). The van der Waals surface area contributed by atoms with Crippen molar-refractivity contribution in [3.8, 4) is 0 Å². The number of rotatable bonds is 3. The molecular formula is C8H8F3NO3. The summed E-state index contributed by atoms with van der Waals surface area (Å²) in [6, 6.07) is 1.30. The molecule has 7 heteroatoms. The average molecular weight is 223 g/mol. The lowest BCUT2D eigenvalue weighted by Gasteiger charge is -2.14. The molecule has 0 aliphatic heterocycles. The normalized spacial score (nSPS) is 13.6. The van der Waals surface area contributed by atoms with E-state index in [0.29, 0.717) is 0 Å². The Hall–Kier alpha value is -1.50. The van der Waals surface area contributed by atoms with Gasteiger partial charge in [-0.3, -0.25) is 4.79 Å². The van der Waals surface area contributed by atoms with Gasteiger partial charge in [-0.2, -0.15) is 13.2 Å². The quantitative estimate of drug-likeness (QED) is 0.801. The molecule has 0 aliphatic carbocycles. The van der Waals surface area contributed by atoms with Crippen LogP contribution in [0.4, 0.5) is 13.2 Å². The zero-order chi connectivity index (χ0) is 11.5. The maximum atomic E-state index is 11.8. The minimum atomic E-state index is -4.73. The molecule has 0 spiro atoms. The molecule has 84 valence electrons. The highest BCUT2D eigenvalue weighted by atomic mass is 19.4. The van der Waals surface area contributed by atoms with Crippen LogP contribution >= 0.6 is 0 Å². The molecule has 15 heavy (non-hydrogen) atoms. The van der Waals surface area contributed by atoms with Gasteiger partial charge < -0.3 is 14.8 Å². The van der Waals surface area contributed by atoms with Crippen LogP contribution in [-0.2, 0) is 0 Å². The van der Waals surface area contributed by atoms with E-state index in [2.05, 4.69) is 4.42 Å². The first-order chi connectivity index (χ1) is 6.91. The maximum absolute atomic E-state index is 11.8. The van der Waals surface area contributed by atoms with Crippen LogP contribution < -0.4 is 5.32 Å². The van der Waals surface area contributed by atoms with E-state index in [4.69, 9.17) is 5.11 Å². The molecule has 1 unspecified atom stereocenters. The number of aliphatic hydroxyl groups is 1. The monoisotopic (exact) mass is 223 g/mol.